The summed E-state index contributed by atoms with van der Waals surface area (Å²) in [6.07, 6.45) is 1.14. The van der Waals surface area contributed by atoms with E-state index in [1.54, 1.807) is 0 Å². The SMILES string of the molecule is CC(C)Cc1ccc2oc(C(C)C)cc2c1. The second-order valence-electron chi connectivity index (χ2n) is 5.27. The molecule has 0 N–H and O–H groups in total. The second kappa shape index (κ2) is 4.32. The van der Waals surface area contributed by atoms with Gasteiger partial charge in [0.15, 0.2) is 0 Å². The number of hydrogen-bond donors (Lipinski definition) is 0. The van der Waals surface area contributed by atoms with Crippen LogP contribution in [0.5, 0.6) is 0 Å². The molecule has 2 rings (SSSR count). The van der Waals surface area contributed by atoms with Crippen LogP contribution in [0.1, 0.15) is 44.9 Å². The van der Waals surface area contributed by atoms with Crippen LogP contribution in [0.2, 0.25) is 0 Å². The van der Waals surface area contributed by atoms with Crippen molar-refractivity contribution in [2.75, 3.05) is 0 Å². The third-order valence-electron chi connectivity index (χ3n) is 2.81. The lowest BCUT2D eigenvalue weighted by atomic mass is 10.0. The van der Waals surface area contributed by atoms with Gasteiger partial charge in [-0.05, 0) is 36.1 Å². The van der Waals surface area contributed by atoms with Crippen LogP contribution in [0.4, 0.5) is 0 Å². The van der Waals surface area contributed by atoms with E-state index in [4.69, 9.17) is 4.42 Å². The Kier molecular flexibility index (Phi) is 3.04. The molecular formula is C15H20O. The minimum Gasteiger partial charge on any atom is -0.461 e. The van der Waals surface area contributed by atoms with Gasteiger partial charge in [-0.1, -0.05) is 33.8 Å². The van der Waals surface area contributed by atoms with Gasteiger partial charge in [-0.2, -0.15) is 0 Å². The van der Waals surface area contributed by atoms with Gasteiger partial charge in [0.25, 0.3) is 0 Å². The zero-order valence-corrected chi connectivity index (χ0v) is 10.6. The van der Waals surface area contributed by atoms with E-state index in [1.807, 2.05) is 0 Å². The quantitative estimate of drug-likeness (QED) is 0.721. The molecule has 1 heterocycles. The third-order valence-corrected chi connectivity index (χ3v) is 2.81. The number of benzene rings is 1. The Morgan fingerprint density at radius 1 is 1.06 bits per heavy atom. The standard InChI is InChI=1S/C15H20O/c1-10(2)7-12-5-6-14-13(8-12)9-15(16-14)11(3)4/h5-6,8-11H,7H2,1-4H3. The van der Waals surface area contributed by atoms with Crippen molar-refractivity contribution in [3.05, 3.63) is 35.6 Å². The van der Waals surface area contributed by atoms with E-state index in [9.17, 15) is 0 Å². The molecule has 1 aromatic carbocycles. The Balaban J connectivity index is 2.38. The number of furan rings is 1. The molecule has 16 heavy (non-hydrogen) atoms. The fourth-order valence-corrected chi connectivity index (χ4v) is 2.00. The molecule has 0 saturated heterocycles. The zero-order chi connectivity index (χ0) is 11.7. The maximum atomic E-state index is 5.79. The molecule has 0 radical (unpaired) electrons. The monoisotopic (exact) mass is 216 g/mol. The molecule has 0 unspecified atom stereocenters. The highest BCUT2D eigenvalue weighted by Crippen LogP contribution is 2.26. The molecule has 0 aliphatic rings. The largest absolute Gasteiger partial charge is 0.461 e. The van der Waals surface area contributed by atoms with E-state index >= 15 is 0 Å². The maximum absolute atomic E-state index is 5.79. The number of hydrogen-bond acceptors (Lipinski definition) is 1. The molecule has 0 atom stereocenters. The molecule has 0 saturated carbocycles. The Morgan fingerprint density at radius 2 is 1.81 bits per heavy atom. The summed E-state index contributed by atoms with van der Waals surface area (Å²) >= 11 is 0. The van der Waals surface area contributed by atoms with Gasteiger partial charge >= 0.3 is 0 Å². The summed E-state index contributed by atoms with van der Waals surface area (Å²) in [4.78, 5) is 0. The summed E-state index contributed by atoms with van der Waals surface area (Å²) in [6, 6.07) is 8.70. The van der Waals surface area contributed by atoms with Crippen molar-refractivity contribution in [2.45, 2.75) is 40.0 Å². The summed E-state index contributed by atoms with van der Waals surface area (Å²) in [6.45, 7) is 8.82. The van der Waals surface area contributed by atoms with Gasteiger partial charge in [0.2, 0.25) is 0 Å². The van der Waals surface area contributed by atoms with Crippen molar-refractivity contribution in [1.29, 1.82) is 0 Å². The minimum absolute atomic E-state index is 0.459. The smallest absolute Gasteiger partial charge is 0.134 e. The van der Waals surface area contributed by atoms with Crippen molar-refractivity contribution >= 4 is 11.0 Å². The van der Waals surface area contributed by atoms with Crippen LogP contribution in [0.3, 0.4) is 0 Å². The normalized spacial score (nSPS) is 11.9. The molecule has 0 amide bonds. The lowest BCUT2D eigenvalue weighted by Crippen LogP contribution is -1.92. The van der Waals surface area contributed by atoms with Crippen LogP contribution in [-0.4, -0.2) is 0 Å². The number of rotatable bonds is 3. The van der Waals surface area contributed by atoms with Gasteiger partial charge in [-0.25, -0.2) is 0 Å². The summed E-state index contributed by atoms with van der Waals surface area (Å²) in [5.41, 5.74) is 2.41. The van der Waals surface area contributed by atoms with Crippen LogP contribution in [0.15, 0.2) is 28.7 Å². The highest BCUT2D eigenvalue weighted by molar-refractivity contribution is 5.78. The molecule has 0 aliphatic heterocycles. The topological polar surface area (TPSA) is 13.1 Å². The van der Waals surface area contributed by atoms with E-state index in [1.165, 1.54) is 10.9 Å². The number of fused-ring (bicyclic) bond motifs is 1. The average Bonchev–Trinajstić information content (AvgIpc) is 2.59. The summed E-state index contributed by atoms with van der Waals surface area (Å²) in [5.74, 6) is 2.24. The third kappa shape index (κ3) is 2.29. The Morgan fingerprint density at radius 3 is 2.44 bits per heavy atom. The van der Waals surface area contributed by atoms with Gasteiger partial charge in [0.05, 0.1) is 0 Å². The summed E-state index contributed by atoms with van der Waals surface area (Å²) in [5, 5.41) is 1.24. The van der Waals surface area contributed by atoms with Gasteiger partial charge in [0, 0.05) is 11.3 Å². The molecule has 0 spiro atoms. The van der Waals surface area contributed by atoms with Crippen molar-refractivity contribution in [3.8, 4) is 0 Å². The second-order valence-corrected chi connectivity index (χ2v) is 5.27. The molecule has 1 heteroatoms. The summed E-state index contributed by atoms with van der Waals surface area (Å²) < 4.78 is 5.79. The molecule has 86 valence electrons. The van der Waals surface area contributed by atoms with E-state index in [0.717, 1.165) is 17.8 Å². The predicted octanol–water partition coefficient (Wildman–Crippen LogP) is 4.75. The van der Waals surface area contributed by atoms with Crippen molar-refractivity contribution < 1.29 is 4.42 Å². The van der Waals surface area contributed by atoms with Gasteiger partial charge in [-0.3, -0.25) is 0 Å². The first-order chi connectivity index (χ1) is 7.56. The fourth-order valence-electron chi connectivity index (χ4n) is 2.00. The van der Waals surface area contributed by atoms with Crippen LogP contribution >= 0.6 is 0 Å². The lowest BCUT2D eigenvalue weighted by molar-refractivity contribution is 0.521. The lowest BCUT2D eigenvalue weighted by Gasteiger charge is -2.03. The maximum Gasteiger partial charge on any atom is 0.134 e. The van der Waals surface area contributed by atoms with Crippen LogP contribution < -0.4 is 0 Å². The first kappa shape index (κ1) is 11.3. The predicted molar refractivity (Wildman–Crippen MR) is 68.8 cm³/mol. The van der Waals surface area contributed by atoms with E-state index in [2.05, 4.69) is 52.0 Å². The highest BCUT2D eigenvalue weighted by atomic mass is 16.3. The van der Waals surface area contributed by atoms with Crippen molar-refractivity contribution in [1.82, 2.24) is 0 Å². The molecular weight excluding hydrogens is 196 g/mol. The Bertz CT molecular complexity index is 477. The highest BCUT2D eigenvalue weighted by Gasteiger charge is 2.08. The van der Waals surface area contributed by atoms with E-state index < -0.39 is 0 Å². The van der Waals surface area contributed by atoms with Gasteiger partial charge < -0.3 is 4.42 Å². The molecule has 1 nitrogen and oxygen atoms in total. The molecule has 1 aromatic heterocycles. The van der Waals surface area contributed by atoms with Crippen molar-refractivity contribution in [2.24, 2.45) is 5.92 Å². The van der Waals surface area contributed by atoms with Crippen molar-refractivity contribution in [3.63, 3.8) is 0 Å². The first-order valence-corrected chi connectivity index (χ1v) is 6.08. The molecule has 0 aliphatic carbocycles. The zero-order valence-electron chi connectivity index (χ0n) is 10.6. The van der Waals surface area contributed by atoms with Gasteiger partial charge in [-0.15, -0.1) is 0 Å². The minimum atomic E-state index is 0.459. The van der Waals surface area contributed by atoms with Crippen LogP contribution in [0.25, 0.3) is 11.0 Å². The van der Waals surface area contributed by atoms with E-state index in [-0.39, 0.29) is 0 Å². The molecule has 2 aromatic rings. The summed E-state index contributed by atoms with van der Waals surface area (Å²) in [7, 11) is 0. The van der Waals surface area contributed by atoms with Crippen LogP contribution in [-0.2, 0) is 6.42 Å². The Hall–Kier alpha value is -1.24. The van der Waals surface area contributed by atoms with Crippen LogP contribution in [0, 0.1) is 5.92 Å². The molecule has 0 bridgehead atoms. The first-order valence-electron chi connectivity index (χ1n) is 6.08. The Labute approximate surface area is 97.5 Å². The van der Waals surface area contributed by atoms with Gasteiger partial charge in [0.1, 0.15) is 11.3 Å². The fraction of sp³-hybridized carbons (Fsp3) is 0.467. The molecule has 0 fully saturated rings. The van der Waals surface area contributed by atoms with E-state index in [0.29, 0.717) is 11.8 Å². The average molecular weight is 216 g/mol.